The molecule has 0 bridgehead atoms. The molecule has 0 aliphatic carbocycles. The molecule has 2 heterocycles. The van der Waals surface area contributed by atoms with E-state index in [-0.39, 0.29) is 24.5 Å². The van der Waals surface area contributed by atoms with Crippen molar-refractivity contribution in [2.24, 2.45) is 0 Å². The van der Waals surface area contributed by atoms with Gasteiger partial charge in [0.05, 0.1) is 0 Å². The monoisotopic (exact) mass is 354 g/mol. The zero-order chi connectivity index (χ0) is 18.1. The predicted molar refractivity (Wildman–Crippen MR) is 90.3 cm³/mol. The van der Waals surface area contributed by atoms with Gasteiger partial charge >= 0.3 is 11.6 Å². The van der Waals surface area contributed by atoms with Gasteiger partial charge < -0.3 is 23.7 Å². The maximum atomic E-state index is 12.3. The molecule has 0 saturated carbocycles. The first kappa shape index (κ1) is 16.0. The van der Waals surface area contributed by atoms with Crippen LogP contribution in [0, 0.1) is 0 Å². The van der Waals surface area contributed by atoms with Crippen molar-refractivity contribution >= 4 is 16.9 Å². The second-order valence-electron chi connectivity index (χ2n) is 5.74. The lowest BCUT2D eigenvalue weighted by molar-refractivity contribution is -0.155. The number of ether oxygens (including phenoxy) is 3. The molecule has 1 N–H and O–H groups in total. The summed E-state index contributed by atoms with van der Waals surface area (Å²) in [4.78, 5) is 24.0. The average molecular weight is 354 g/mol. The molecule has 0 radical (unpaired) electrons. The first-order valence-electron chi connectivity index (χ1n) is 7.91. The molecule has 0 spiro atoms. The van der Waals surface area contributed by atoms with Crippen LogP contribution in [0.2, 0.25) is 0 Å². The van der Waals surface area contributed by atoms with Crippen molar-refractivity contribution in [1.29, 1.82) is 0 Å². The first-order valence-corrected chi connectivity index (χ1v) is 7.91. The summed E-state index contributed by atoms with van der Waals surface area (Å²) in [5.41, 5.74) is 0.0942. The molecule has 1 unspecified atom stereocenters. The van der Waals surface area contributed by atoms with Gasteiger partial charge in [0.2, 0.25) is 6.10 Å². The van der Waals surface area contributed by atoms with E-state index in [1.165, 1.54) is 18.2 Å². The van der Waals surface area contributed by atoms with Crippen LogP contribution < -0.4 is 15.1 Å². The number of hydrogen-bond acceptors (Lipinski definition) is 7. The zero-order valence-corrected chi connectivity index (χ0v) is 13.5. The number of fused-ring (bicyclic) bond motifs is 2. The fraction of sp³-hybridized carbons (Fsp3) is 0.158. The van der Waals surface area contributed by atoms with E-state index in [9.17, 15) is 14.7 Å². The highest BCUT2D eigenvalue weighted by atomic mass is 16.6. The lowest BCUT2D eigenvalue weighted by atomic mass is 10.1. The van der Waals surface area contributed by atoms with Crippen LogP contribution in [0.5, 0.6) is 17.2 Å². The standard InChI is InChI=1S/C19H14O7/c20-12-5-6-13-11(7-18(21)26-16(13)8-12)9-24-19(22)17-10-23-14-3-1-2-4-15(14)25-17/h1-8,17,20H,9-10H2. The Labute approximate surface area is 147 Å². The predicted octanol–water partition coefficient (Wildman–Crippen LogP) is 2.38. The van der Waals surface area contributed by atoms with Gasteiger partial charge in [0.15, 0.2) is 11.5 Å². The lowest BCUT2D eigenvalue weighted by Crippen LogP contribution is -2.37. The number of aromatic hydroxyl groups is 1. The molecule has 0 amide bonds. The van der Waals surface area contributed by atoms with E-state index in [4.69, 9.17) is 18.6 Å². The number of hydrogen-bond donors (Lipinski definition) is 1. The quantitative estimate of drug-likeness (QED) is 0.570. The normalized spacial score (nSPS) is 15.6. The van der Waals surface area contributed by atoms with Crippen LogP contribution in [0.1, 0.15) is 5.56 Å². The molecule has 1 aliphatic heterocycles. The number of phenols is 1. The Hall–Kier alpha value is -3.48. The molecule has 132 valence electrons. The molecular formula is C19H14O7. The smallest absolute Gasteiger partial charge is 0.351 e. The van der Waals surface area contributed by atoms with Crippen molar-refractivity contribution in [2.75, 3.05) is 6.61 Å². The third-order valence-corrected chi connectivity index (χ3v) is 3.96. The fourth-order valence-electron chi connectivity index (χ4n) is 2.72. The van der Waals surface area contributed by atoms with Crippen molar-refractivity contribution < 1.29 is 28.5 Å². The molecule has 26 heavy (non-hydrogen) atoms. The molecule has 7 heteroatoms. The van der Waals surface area contributed by atoms with Gasteiger partial charge in [-0.25, -0.2) is 9.59 Å². The fourth-order valence-corrected chi connectivity index (χ4v) is 2.72. The molecule has 3 aromatic rings. The maximum absolute atomic E-state index is 12.3. The third kappa shape index (κ3) is 3.06. The SMILES string of the molecule is O=C(OCc1cc(=O)oc2cc(O)ccc12)C1COc2ccccc2O1. The summed E-state index contributed by atoms with van der Waals surface area (Å²) in [5, 5.41) is 10.1. The van der Waals surface area contributed by atoms with Gasteiger partial charge in [-0.05, 0) is 24.3 Å². The van der Waals surface area contributed by atoms with E-state index in [1.807, 2.05) is 6.07 Å². The van der Waals surface area contributed by atoms with E-state index in [1.54, 1.807) is 24.3 Å². The van der Waals surface area contributed by atoms with Crippen LogP contribution in [0.15, 0.2) is 57.7 Å². The van der Waals surface area contributed by atoms with E-state index in [0.29, 0.717) is 22.4 Å². The number of carbonyl (C=O) groups is 1. The van der Waals surface area contributed by atoms with Crippen LogP contribution in [0.4, 0.5) is 0 Å². The Bertz CT molecular complexity index is 1040. The number of rotatable bonds is 3. The second kappa shape index (κ2) is 6.44. The van der Waals surface area contributed by atoms with Crippen LogP contribution in [0.3, 0.4) is 0 Å². The van der Waals surface area contributed by atoms with Gasteiger partial charge in [0, 0.05) is 23.1 Å². The van der Waals surface area contributed by atoms with Gasteiger partial charge in [-0.3, -0.25) is 0 Å². The molecule has 0 saturated heterocycles. The van der Waals surface area contributed by atoms with Gasteiger partial charge in [0.1, 0.15) is 24.5 Å². The minimum atomic E-state index is -0.889. The van der Waals surface area contributed by atoms with Crippen molar-refractivity contribution in [3.8, 4) is 17.2 Å². The van der Waals surface area contributed by atoms with Crippen molar-refractivity contribution in [3.63, 3.8) is 0 Å². The van der Waals surface area contributed by atoms with Crippen molar-refractivity contribution in [2.45, 2.75) is 12.7 Å². The summed E-state index contributed by atoms with van der Waals surface area (Å²) in [6.07, 6.45) is -0.889. The van der Waals surface area contributed by atoms with Crippen molar-refractivity contribution in [3.05, 3.63) is 64.5 Å². The molecule has 1 aliphatic rings. The van der Waals surface area contributed by atoms with E-state index in [2.05, 4.69) is 0 Å². The largest absolute Gasteiger partial charge is 0.508 e. The summed E-state index contributed by atoms with van der Waals surface area (Å²) in [5.74, 6) is 0.422. The Kier molecular flexibility index (Phi) is 3.96. The van der Waals surface area contributed by atoms with Gasteiger partial charge in [0.25, 0.3) is 0 Å². The van der Waals surface area contributed by atoms with Crippen LogP contribution in [-0.4, -0.2) is 23.8 Å². The highest BCUT2D eigenvalue weighted by Gasteiger charge is 2.28. The summed E-state index contributed by atoms with van der Waals surface area (Å²) in [7, 11) is 0. The second-order valence-corrected chi connectivity index (χ2v) is 5.74. The maximum Gasteiger partial charge on any atom is 0.351 e. The molecular weight excluding hydrogens is 340 g/mol. The Morgan fingerprint density at radius 1 is 1.15 bits per heavy atom. The van der Waals surface area contributed by atoms with Crippen LogP contribution in [-0.2, 0) is 16.1 Å². The Morgan fingerprint density at radius 3 is 2.81 bits per heavy atom. The van der Waals surface area contributed by atoms with Crippen LogP contribution in [0.25, 0.3) is 11.0 Å². The molecule has 1 aromatic heterocycles. The number of esters is 1. The van der Waals surface area contributed by atoms with Gasteiger partial charge in [-0.15, -0.1) is 0 Å². The van der Waals surface area contributed by atoms with Crippen molar-refractivity contribution in [1.82, 2.24) is 0 Å². The first-order chi connectivity index (χ1) is 12.6. The van der Waals surface area contributed by atoms with E-state index < -0.39 is 17.7 Å². The summed E-state index contributed by atoms with van der Waals surface area (Å²) < 4.78 is 21.4. The average Bonchev–Trinajstić information content (AvgIpc) is 2.65. The minimum absolute atomic E-state index is 0.0267. The van der Waals surface area contributed by atoms with Gasteiger partial charge in [-0.1, -0.05) is 12.1 Å². The van der Waals surface area contributed by atoms with Gasteiger partial charge in [-0.2, -0.15) is 0 Å². The molecule has 2 aromatic carbocycles. The molecule has 0 fully saturated rings. The Morgan fingerprint density at radius 2 is 1.96 bits per heavy atom. The van der Waals surface area contributed by atoms with Crippen LogP contribution >= 0.6 is 0 Å². The highest BCUT2D eigenvalue weighted by molar-refractivity contribution is 5.82. The summed E-state index contributed by atoms with van der Waals surface area (Å²) >= 11 is 0. The third-order valence-electron chi connectivity index (χ3n) is 3.96. The molecule has 1 atom stereocenters. The number of para-hydroxylation sites is 2. The minimum Gasteiger partial charge on any atom is -0.508 e. The number of carbonyl (C=O) groups excluding carboxylic acids is 1. The summed E-state index contributed by atoms with van der Waals surface area (Å²) in [6.45, 7) is -0.0887. The molecule has 4 rings (SSSR count). The lowest BCUT2D eigenvalue weighted by Gasteiger charge is -2.24. The summed E-state index contributed by atoms with van der Waals surface area (Å²) in [6, 6.07) is 12.7. The topological polar surface area (TPSA) is 95.2 Å². The Balaban J connectivity index is 1.50. The van der Waals surface area contributed by atoms with E-state index >= 15 is 0 Å². The number of phenolic OH excluding ortho intramolecular Hbond substituents is 1. The zero-order valence-electron chi connectivity index (χ0n) is 13.5. The molecule has 7 nitrogen and oxygen atoms in total. The number of benzene rings is 2. The highest BCUT2D eigenvalue weighted by Crippen LogP contribution is 2.31. The van der Waals surface area contributed by atoms with E-state index in [0.717, 1.165) is 0 Å².